The molecule has 2 heterocycles. The fourth-order valence-electron chi connectivity index (χ4n) is 2.71. The molecule has 0 aliphatic carbocycles. The monoisotopic (exact) mass is 300 g/mol. The molecule has 1 aromatic heterocycles. The molecule has 3 rings (SSSR count). The number of nitrogens with zero attached hydrogens (tertiary/aromatic N) is 3. The third-order valence-corrected chi connectivity index (χ3v) is 4.05. The number of nitrogens with one attached hydrogen (secondary N) is 1. The summed E-state index contributed by atoms with van der Waals surface area (Å²) in [6.45, 7) is 5.60. The standard InChI is InChI=1S/C16H20N4O2/c1-3-6-19-10-17-14-7-13(4-5-15(14)19)18-16(22)12-8-20(9-12)11(2)21/h4-5,7,10,12H,3,6,8-9H2,1-2H3,(H,18,22). The Morgan fingerprint density at radius 1 is 1.36 bits per heavy atom. The summed E-state index contributed by atoms with van der Waals surface area (Å²) in [5.41, 5.74) is 2.71. The van der Waals surface area contributed by atoms with Gasteiger partial charge in [-0.2, -0.15) is 0 Å². The fraction of sp³-hybridized carbons (Fsp3) is 0.438. The minimum Gasteiger partial charge on any atom is -0.341 e. The van der Waals surface area contributed by atoms with Crippen LogP contribution in [0.2, 0.25) is 0 Å². The predicted molar refractivity (Wildman–Crippen MR) is 84.4 cm³/mol. The van der Waals surface area contributed by atoms with Crippen LogP contribution >= 0.6 is 0 Å². The number of carbonyl (C=O) groups is 2. The Morgan fingerprint density at radius 3 is 2.82 bits per heavy atom. The van der Waals surface area contributed by atoms with E-state index in [1.54, 1.807) is 4.90 Å². The van der Waals surface area contributed by atoms with E-state index in [9.17, 15) is 9.59 Å². The molecular formula is C16H20N4O2. The maximum absolute atomic E-state index is 12.1. The van der Waals surface area contributed by atoms with Gasteiger partial charge in [0, 0.05) is 32.2 Å². The molecule has 0 atom stereocenters. The van der Waals surface area contributed by atoms with Crippen molar-refractivity contribution in [2.24, 2.45) is 5.92 Å². The highest BCUT2D eigenvalue weighted by Crippen LogP contribution is 2.21. The van der Waals surface area contributed by atoms with Gasteiger partial charge in [-0.1, -0.05) is 6.92 Å². The van der Waals surface area contributed by atoms with E-state index in [2.05, 4.69) is 21.8 Å². The van der Waals surface area contributed by atoms with Crippen LogP contribution in [0.3, 0.4) is 0 Å². The fourth-order valence-corrected chi connectivity index (χ4v) is 2.71. The Labute approximate surface area is 129 Å². The number of likely N-dealkylation sites (tertiary alicyclic amines) is 1. The van der Waals surface area contributed by atoms with Crippen molar-refractivity contribution in [1.29, 1.82) is 0 Å². The number of rotatable bonds is 4. The summed E-state index contributed by atoms with van der Waals surface area (Å²) in [7, 11) is 0. The average molecular weight is 300 g/mol. The molecule has 0 unspecified atom stereocenters. The highest BCUT2D eigenvalue weighted by molar-refractivity contribution is 5.96. The van der Waals surface area contributed by atoms with E-state index < -0.39 is 0 Å². The van der Waals surface area contributed by atoms with Crippen LogP contribution in [0.5, 0.6) is 0 Å². The number of hydrogen-bond acceptors (Lipinski definition) is 3. The molecule has 6 heteroatoms. The van der Waals surface area contributed by atoms with Crippen molar-refractivity contribution in [1.82, 2.24) is 14.5 Å². The van der Waals surface area contributed by atoms with Crippen LogP contribution in [-0.2, 0) is 16.1 Å². The molecule has 0 radical (unpaired) electrons. The van der Waals surface area contributed by atoms with E-state index >= 15 is 0 Å². The second-order valence-corrected chi connectivity index (χ2v) is 5.75. The summed E-state index contributed by atoms with van der Waals surface area (Å²) in [6, 6.07) is 5.77. The number of imidazole rings is 1. The zero-order valence-electron chi connectivity index (χ0n) is 12.9. The SMILES string of the molecule is CCCn1cnc2cc(NC(=O)C3CN(C(C)=O)C3)ccc21. The van der Waals surface area contributed by atoms with Crippen LogP contribution in [0.1, 0.15) is 20.3 Å². The van der Waals surface area contributed by atoms with Gasteiger partial charge in [-0.05, 0) is 24.6 Å². The minimum atomic E-state index is -0.114. The second-order valence-electron chi connectivity index (χ2n) is 5.75. The second kappa shape index (κ2) is 5.79. The highest BCUT2D eigenvalue weighted by Gasteiger charge is 2.34. The topological polar surface area (TPSA) is 67.2 Å². The van der Waals surface area contributed by atoms with Gasteiger partial charge in [-0.25, -0.2) is 4.98 Å². The van der Waals surface area contributed by atoms with Gasteiger partial charge in [0.1, 0.15) is 0 Å². The van der Waals surface area contributed by atoms with Gasteiger partial charge < -0.3 is 14.8 Å². The summed E-state index contributed by atoms with van der Waals surface area (Å²) in [6.07, 6.45) is 2.88. The van der Waals surface area contributed by atoms with E-state index in [1.807, 2.05) is 24.5 Å². The number of aryl methyl sites for hydroxylation is 1. The third-order valence-electron chi connectivity index (χ3n) is 4.05. The zero-order valence-corrected chi connectivity index (χ0v) is 12.9. The molecule has 0 saturated carbocycles. The Balaban J connectivity index is 1.67. The molecular weight excluding hydrogens is 280 g/mol. The zero-order chi connectivity index (χ0) is 15.7. The normalized spacial score (nSPS) is 14.9. The molecule has 1 saturated heterocycles. The first-order valence-electron chi connectivity index (χ1n) is 7.59. The maximum atomic E-state index is 12.1. The Hall–Kier alpha value is -2.37. The van der Waals surface area contributed by atoms with E-state index in [-0.39, 0.29) is 17.7 Å². The molecule has 1 N–H and O–H groups in total. The summed E-state index contributed by atoms with van der Waals surface area (Å²) >= 11 is 0. The van der Waals surface area contributed by atoms with Gasteiger partial charge in [-0.3, -0.25) is 9.59 Å². The van der Waals surface area contributed by atoms with Crippen LogP contribution in [0.15, 0.2) is 24.5 Å². The summed E-state index contributed by atoms with van der Waals surface area (Å²) in [5.74, 6) is -0.131. The first kappa shape index (κ1) is 14.6. The van der Waals surface area contributed by atoms with Crippen LogP contribution < -0.4 is 5.32 Å². The van der Waals surface area contributed by atoms with E-state index in [0.717, 1.165) is 29.7 Å². The quantitative estimate of drug-likeness (QED) is 0.937. The molecule has 6 nitrogen and oxygen atoms in total. The van der Waals surface area contributed by atoms with Crippen molar-refractivity contribution in [3.8, 4) is 0 Å². The first-order chi connectivity index (χ1) is 10.6. The van der Waals surface area contributed by atoms with Crippen LogP contribution in [0.25, 0.3) is 11.0 Å². The Morgan fingerprint density at radius 2 is 2.14 bits per heavy atom. The lowest BCUT2D eigenvalue weighted by atomic mass is 9.99. The Kier molecular flexibility index (Phi) is 3.83. The molecule has 0 spiro atoms. The molecule has 0 bridgehead atoms. The van der Waals surface area contributed by atoms with Crippen molar-refractivity contribution < 1.29 is 9.59 Å². The van der Waals surface area contributed by atoms with Crippen molar-refractivity contribution >= 4 is 28.5 Å². The Bertz CT molecular complexity index is 716. The molecule has 2 aromatic rings. The lowest BCUT2D eigenvalue weighted by Crippen LogP contribution is -2.53. The van der Waals surface area contributed by atoms with Crippen LogP contribution in [0, 0.1) is 5.92 Å². The number of aromatic nitrogens is 2. The number of carbonyl (C=O) groups excluding carboxylic acids is 2. The smallest absolute Gasteiger partial charge is 0.231 e. The van der Waals surface area contributed by atoms with Gasteiger partial charge in [-0.15, -0.1) is 0 Å². The maximum Gasteiger partial charge on any atom is 0.231 e. The average Bonchev–Trinajstić information content (AvgIpc) is 2.79. The third kappa shape index (κ3) is 2.68. The molecule has 22 heavy (non-hydrogen) atoms. The summed E-state index contributed by atoms with van der Waals surface area (Å²) in [5, 5.41) is 2.91. The summed E-state index contributed by atoms with van der Waals surface area (Å²) < 4.78 is 2.11. The molecule has 116 valence electrons. The van der Waals surface area contributed by atoms with Gasteiger partial charge >= 0.3 is 0 Å². The lowest BCUT2D eigenvalue weighted by Gasteiger charge is -2.37. The lowest BCUT2D eigenvalue weighted by molar-refractivity contribution is -0.139. The molecule has 1 aromatic carbocycles. The van der Waals surface area contributed by atoms with Crippen molar-refractivity contribution in [3.05, 3.63) is 24.5 Å². The predicted octanol–water partition coefficient (Wildman–Crippen LogP) is 1.86. The number of anilines is 1. The van der Waals surface area contributed by atoms with Crippen LogP contribution in [-0.4, -0.2) is 39.4 Å². The van der Waals surface area contributed by atoms with Gasteiger partial charge in [0.2, 0.25) is 11.8 Å². The van der Waals surface area contributed by atoms with Gasteiger partial charge in [0.15, 0.2) is 0 Å². The molecule has 1 aliphatic rings. The highest BCUT2D eigenvalue weighted by atomic mass is 16.2. The van der Waals surface area contributed by atoms with Gasteiger partial charge in [0.05, 0.1) is 23.3 Å². The molecule has 2 amide bonds. The number of benzene rings is 1. The number of amides is 2. The van der Waals surface area contributed by atoms with Crippen molar-refractivity contribution in [2.45, 2.75) is 26.8 Å². The van der Waals surface area contributed by atoms with E-state index in [0.29, 0.717) is 13.1 Å². The largest absolute Gasteiger partial charge is 0.341 e. The van der Waals surface area contributed by atoms with E-state index in [1.165, 1.54) is 6.92 Å². The molecule has 1 aliphatic heterocycles. The minimum absolute atomic E-state index is 0.0203. The number of hydrogen-bond donors (Lipinski definition) is 1. The molecule has 1 fully saturated rings. The first-order valence-corrected chi connectivity index (χ1v) is 7.59. The van der Waals surface area contributed by atoms with Gasteiger partial charge in [0.25, 0.3) is 0 Å². The van der Waals surface area contributed by atoms with Crippen molar-refractivity contribution in [2.75, 3.05) is 18.4 Å². The van der Waals surface area contributed by atoms with Crippen LogP contribution in [0.4, 0.5) is 5.69 Å². The van der Waals surface area contributed by atoms with Crippen molar-refractivity contribution in [3.63, 3.8) is 0 Å². The summed E-state index contributed by atoms with van der Waals surface area (Å²) in [4.78, 5) is 29.3. The number of fused-ring (bicyclic) bond motifs is 1. The van der Waals surface area contributed by atoms with E-state index in [4.69, 9.17) is 0 Å².